The number of rotatable bonds is 3. The number of nitrogens with zero attached hydrogens (tertiary/aromatic N) is 1. The molecule has 0 aliphatic heterocycles. The van der Waals surface area contributed by atoms with E-state index in [1.807, 2.05) is 0 Å². The summed E-state index contributed by atoms with van der Waals surface area (Å²) >= 11 is 0. The Bertz CT molecular complexity index is 978. The van der Waals surface area contributed by atoms with Gasteiger partial charge in [-0.1, -0.05) is 24.3 Å². The lowest BCUT2D eigenvalue weighted by Gasteiger charge is -2.07. The third-order valence-corrected chi connectivity index (χ3v) is 3.79. The average molecular weight is 410 g/mol. The largest absolute Gasteiger partial charge is 0.418 e. The van der Waals surface area contributed by atoms with E-state index < -0.39 is 38.1 Å². The molecule has 0 amide bonds. The molecule has 0 fully saturated rings. The van der Waals surface area contributed by atoms with Crippen molar-refractivity contribution in [2.75, 3.05) is 5.73 Å². The summed E-state index contributed by atoms with van der Waals surface area (Å²) in [6, 6.07) is 10.4. The van der Waals surface area contributed by atoms with Crippen molar-refractivity contribution in [2.24, 2.45) is 4.36 Å². The van der Waals surface area contributed by atoms with Gasteiger partial charge in [-0.3, -0.25) is 4.55 Å². The summed E-state index contributed by atoms with van der Waals surface area (Å²) in [5, 5.41) is 0. The second-order valence-electron chi connectivity index (χ2n) is 4.79. The molecular weight excluding hydrogens is 397 g/mol. The van der Waals surface area contributed by atoms with Crippen LogP contribution in [-0.4, -0.2) is 21.4 Å². The van der Waals surface area contributed by atoms with E-state index in [9.17, 15) is 30.0 Å². The fourth-order valence-electron chi connectivity index (χ4n) is 1.70. The van der Waals surface area contributed by atoms with E-state index in [1.54, 1.807) is 0 Å². The molecule has 142 valence electrons. The van der Waals surface area contributed by atoms with Crippen molar-refractivity contribution in [1.29, 1.82) is 0 Å². The summed E-state index contributed by atoms with van der Waals surface area (Å²) in [6.07, 6.45) is -4.34. The van der Waals surface area contributed by atoms with E-state index in [2.05, 4.69) is 4.36 Å². The fraction of sp³-hybridized carbons (Fsp3) is 0.143. The first-order valence-corrected chi connectivity index (χ1v) is 9.29. The molecular formula is C14H13F3N2O5S2. The molecule has 12 heteroatoms. The molecule has 0 aromatic heterocycles. The molecule has 7 nitrogen and oxygen atoms in total. The van der Waals surface area contributed by atoms with Gasteiger partial charge in [0.1, 0.15) is 5.75 Å². The zero-order chi connectivity index (χ0) is 20.0. The zero-order valence-corrected chi connectivity index (χ0v) is 14.5. The van der Waals surface area contributed by atoms with Crippen molar-refractivity contribution in [3.63, 3.8) is 0 Å². The van der Waals surface area contributed by atoms with Gasteiger partial charge in [-0.05, 0) is 29.8 Å². The standard InChI is InChI=1S/C7H6F3N.C7H7NO5S2/c8-7(9,10)5-3-1-2-4-6(5)11;9-14(10)8-7-3-1-6(2-4-7)5-15(11,12)13/h1-4H,11H2;1-4H,5H2,(H,11,12,13). The van der Waals surface area contributed by atoms with Crippen molar-refractivity contribution in [3.8, 4) is 0 Å². The number of halogens is 3. The Morgan fingerprint density at radius 2 is 1.58 bits per heavy atom. The Morgan fingerprint density at radius 1 is 1.04 bits per heavy atom. The second kappa shape index (κ2) is 8.78. The van der Waals surface area contributed by atoms with Gasteiger partial charge in [-0.25, -0.2) is 0 Å². The van der Waals surface area contributed by atoms with Crippen LogP contribution < -0.4 is 5.73 Å². The highest BCUT2D eigenvalue weighted by Gasteiger charge is 2.32. The molecule has 0 atom stereocenters. The summed E-state index contributed by atoms with van der Waals surface area (Å²) in [7, 11) is -6.60. The highest BCUT2D eigenvalue weighted by atomic mass is 32.2. The van der Waals surface area contributed by atoms with Gasteiger partial charge >= 0.3 is 16.7 Å². The van der Waals surface area contributed by atoms with E-state index in [1.165, 1.54) is 42.5 Å². The lowest BCUT2D eigenvalue weighted by Crippen LogP contribution is -2.07. The first kappa shape index (κ1) is 21.6. The van der Waals surface area contributed by atoms with Gasteiger partial charge < -0.3 is 5.73 Å². The van der Waals surface area contributed by atoms with Gasteiger partial charge in [-0.2, -0.15) is 30.0 Å². The number of benzene rings is 2. The molecule has 2 aromatic carbocycles. The van der Waals surface area contributed by atoms with Crippen molar-refractivity contribution < 1.29 is 34.6 Å². The predicted octanol–water partition coefficient (Wildman–Crippen LogP) is 3.06. The van der Waals surface area contributed by atoms with Gasteiger partial charge in [0.15, 0.2) is 0 Å². The Kier molecular flexibility index (Phi) is 7.29. The fourth-order valence-corrected chi connectivity index (χ4v) is 2.61. The molecule has 0 bridgehead atoms. The molecule has 0 aliphatic carbocycles. The van der Waals surface area contributed by atoms with Crippen LogP contribution in [0.4, 0.5) is 24.5 Å². The number of anilines is 1. The van der Waals surface area contributed by atoms with E-state index in [-0.39, 0.29) is 11.4 Å². The number of para-hydroxylation sites is 1. The first-order chi connectivity index (χ1) is 11.9. The van der Waals surface area contributed by atoms with Gasteiger partial charge in [0.2, 0.25) is 0 Å². The van der Waals surface area contributed by atoms with Gasteiger partial charge in [0.05, 0.1) is 11.3 Å². The minimum absolute atomic E-state index is 0.197. The maximum Gasteiger partial charge on any atom is 0.418 e. The van der Waals surface area contributed by atoms with E-state index in [0.717, 1.165) is 6.07 Å². The van der Waals surface area contributed by atoms with Crippen LogP contribution in [0.15, 0.2) is 52.9 Å². The quantitative estimate of drug-likeness (QED) is 0.591. The number of hydrogen-bond donors (Lipinski definition) is 2. The van der Waals surface area contributed by atoms with Crippen LogP contribution in [-0.2, 0) is 32.5 Å². The average Bonchev–Trinajstić information content (AvgIpc) is 2.47. The molecule has 0 radical (unpaired) electrons. The van der Waals surface area contributed by atoms with Gasteiger partial charge in [-0.15, -0.1) is 4.36 Å². The molecule has 2 aromatic rings. The summed E-state index contributed by atoms with van der Waals surface area (Å²) in [4.78, 5) is 0. The normalized spacial score (nSPS) is 11.2. The summed E-state index contributed by atoms with van der Waals surface area (Å²) in [5.74, 6) is -0.506. The first-order valence-electron chi connectivity index (χ1n) is 6.65. The Balaban J connectivity index is 0.000000273. The maximum absolute atomic E-state index is 12.0. The molecule has 26 heavy (non-hydrogen) atoms. The zero-order valence-electron chi connectivity index (χ0n) is 12.9. The van der Waals surface area contributed by atoms with Crippen LogP contribution in [0.3, 0.4) is 0 Å². The molecule has 0 saturated carbocycles. The van der Waals surface area contributed by atoms with Crippen molar-refractivity contribution >= 4 is 32.0 Å². The van der Waals surface area contributed by atoms with Gasteiger partial charge in [0.25, 0.3) is 10.1 Å². The Labute approximate surface area is 148 Å². The number of alkyl halides is 3. The molecule has 0 spiro atoms. The Morgan fingerprint density at radius 3 is 1.96 bits per heavy atom. The third-order valence-electron chi connectivity index (χ3n) is 2.73. The minimum Gasteiger partial charge on any atom is -0.398 e. The van der Waals surface area contributed by atoms with Crippen LogP contribution in [0.1, 0.15) is 11.1 Å². The van der Waals surface area contributed by atoms with E-state index in [0.29, 0.717) is 5.56 Å². The number of nitrogen functional groups attached to an aromatic ring is 1. The molecule has 0 unspecified atom stereocenters. The third kappa shape index (κ3) is 8.09. The van der Waals surface area contributed by atoms with Gasteiger partial charge in [0, 0.05) is 5.69 Å². The topological polar surface area (TPSA) is 127 Å². The van der Waals surface area contributed by atoms with Crippen LogP contribution >= 0.6 is 0 Å². The molecule has 0 aliphatic rings. The lowest BCUT2D eigenvalue weighted by molar-refractivity contribution is -0.136. The van der Waals surface area contributed by atoms with Crippen LogP contribution in [0.2, 0.25) is 0 Å². The highest BCUT2D eigenvalue weighted by Crippen LogP contribution is 2.32. The van der Waals surface area contributed by atoms with E-state index in [4.69, 9.17) is 10.3 Å². The van der Waals surface area contributed by atoms with Crippen molar-refractivity contribution in [3.05, 3.63) is 59.7 Å². The van der Waals surface area contributed by atoms with Crippen molar-refractivity contribution in [2.45, 2.75) is 11.9 Å². The number of nitrogens with two attached hydrogens (primary N) is 1. The molecule has 0 saturated heterocycles. The SMILES string of the molecule is Nc1ccccc1C(F)(F)F.O=S(=O)=Nc1ccc(CS(=O)(=O)O)cc1. The van der Waals surface area contributed by atoms with Crippen LogP contribution in [0, 0.1) is 0 Å². The highest BCUT2D eigenvalue weighted by molar-refractivity contribution is 7.85. The summed E-state index contributed by atoms with van der Waals surface area (Å²) in [5.41, 5.74) is 4.62. The van der Waals surface area contributed by atoms with Crippen molar-refractivity contribution in [1.82, 2.24) is 0 Å². The summed E-state index contributed by atoms with van der Waals surface area (Å²) in [6.45, 7) is 0. The number of hydrogen-bond acceptors (Lipinski definition) is 6. The van der Waals surface area contributed by atoms with E-state index >= 15 is 0 Å². The van der Waals surface area contributed by atoms with Crippen LogP contribution in [0.25, 0.3) is 0 Å². The Hall–Kier alpha value is -2.44. The minimum atomic E-state index is -4.34. The molecule has 3 N–H and O–H groups in total. The smallest absolute Gasteiger partial charge is 0.398 e. The maximum atomic E-state index is 12.0. The monoisotopic (exact) mass is 410 g/mol. The predicted molar refractivity (Wildman–Crippen MR) is 88.6 cm³/mol. The van der Waals surface area contributed by atoms with Crippen LogP contribution in [0.5, 0.6) is 0 Å². The lowest BCUT2D eigenvalue weighted by atomic mass is 10.2. The second-order valence-corrected chi connectivity index (χ2v) is 6.86. The summed E-state index contributed by atoms with van der Waals surface area (Å²) < 4.78 is 89.0. The molecule has 0 heterocycles. The molecule has 2 rings (SSSR count).